The highest BCUT2D eigenvalue weighted by Gasteiger charge is 2.28. The molecule has 2 aromatic carbocycles. The molecule has 4 nitrogen and oxygen atoms in total. The van der Waals surface area contributed by atoms with E-state index in [0.29, 0.717) is 0 Å². The molecule has 1 aliphatic heterocycles. The molecule has 0 saturated heterocycles. The van der Waals surface area contributed by atoms with E-state index in [0.717, 1.165) is 17.0 Å². The van der Waals surface area contributed by atoms with E-state index in [1.165, 1.54) is 27.8 Å². The molecular formula is C18H18N2O2S2. The first kappa shape index (κ1) is 16.9. The van der Waals surface area contributed by atoms with Crippen molar-refractivity contribution in [3.05, 3.63) is 53.6 Å². The molecular weight excluding hydrogens is 340 g/mol. The molecule has 1 aliphatic rings. The zero-order valence-electron chi connectivity index (χ0n) is 13.2. The minimum absolute atomic E-state index is 0.0130. The van der Waals surface area contributed by atoms with Crippen LogP contribution in [-0.2, 0) is 16.0 Å². The highest BCUT2D eigenvalue weighted by Crippen LogP contribution is 2.38. The lowest BCUT2D eigenvalue weighted by Gasteiger charge is -2.13. The Morgan fingerprint density at radius 1 is 1.29 bits per heavy atom. The van der Waals surface area contributed by atoms with E-state index in [-0.39, 0.29) is 22.8 Å². The summed E-state index contributed by atoms with van der Waals surface area (Å²) in [5.41, 5.74) is 8.35. The SMILES string of the molecule is Cc1ccc2c(c1)S[C@H](C(=O)Nc1ccccc1SCC(N)=O)C2. The zero-order valence-corrected chi connectivity index (χ0v) is 14.9. The molecule has 1 atom stereocenters. The van der Waals surface area contributed by atoms with E-state index in [1.807, 2.05) is 24.3 Å². The largest absolute Gasteiger partial charge is 0.369 e. The molecule has 2 aromatic rings. The van der Waals surface area contributed by atoms with Gasteiger partial charge >= 0.3 is 0 Å². The molecule has 0 aliphatic carbocycles. The maximum Gasteiger partial charge on any atom is 0.238 e. The number of thioether (sulfide) groups is 2. The summed E-state index contributed by atoms with van der Waals surface area (Å²) in [6.07, 6.45) is 0.739. The van der Waals surface area contributed by atoms with Gasteiger partial charge < -0.3 is 11.1 Å². The minimum Gasteiger partial charge on any atom is -0.369 e. The fourth-order valence-electron chi connectivity index (χ4n) is 2.54. The van der Waals surface area contributed by atoms with Gasteiger partial charge in [-0.3, -0.25) is 9.59 Å². The van der Waals surface area contributed by atoms with Gasteiger partial charge in [-0.25, -0.2) is 0 Å². The van der Waals surface area contributed by atoms with Crippen molar-refractivity contribution in [3.63, 3.8) is 0 Å². The molecule has 0 fully saturated rings. The minimum atomic E-state index is -0.377. The first-order chi connectivity index (χ1) is 11.5. The van der Waals surface area contributed by atoms with Gasteiger partial charge in [0.25, 0.3) is 0 Å². The Labute approximate surface area is 149 Å². The topological polar surface area (TPSA) is 72.2 Å². The molecule has 3 rings (SSSR count). The van der Waals surface area contributed by atoms with E-state index < -0.39 is 0 Å². The van der Waals surface area contributed by atoms with Crippen molar-refractivity contribution in [2.45, 2.75) is 28.4 Å². The number of amides is 2. The molecule has 1 heterocycles. The van der Waals surface area contributed by atoms with Crippen LogP contribution in [0.3, 0.4) is 0 Å². The molecule has 0 spiro atoms. The summed E-state index contributed by atoms with van der Waals surface area (Å²) in [7, 11) is 0. The van der Waals surface area contributed by atoms with Gasteiger partial charge in [-0.1, -0.05) is 29.8 Å². The smallest absolute Gasteiger partial charge is 0.238 e. The highest BCUT2D eigenvalue weighted by molar-refractivity contribution is 8.01. The second-order valence-corrected chi connectivity index (χ2v) is 7.92. The van der Waals surface area contributed by atoms with Crippen LogP contribution in [0.1, 0.15) is 11.1 Å². The number of hydrogen-bond acceptors (Lipinski definition) is 4. The number of benzene rings is 2. The number of rotatable bonds is 5. The molecule has 24 heavy (non-hydrogen) atoms. The number of carbonyl (C=O) groups is 2. The van der Waals surface area contributed by atoms with E-state index in [2.05, 4.69) is 30.4 Å². The van der Waals surface area contributed by atoms with Gasteiger partial charge in [0.2, 0.25) is 11.8 Å². The lowest BCUT2D eigenvalue weighted by Crippen LogP contribution is -2.25. The predicted molar refractivity (Wildman–Crippen MR) is 99.5 cm³/mol. The molecule has 6 heteroatoms. The third kappa shape index (κ3) is 3.94. The molecule has 124 valence electrons. The van der Waals surface area contributed by atoms with Crippen LogP contribution in [0.5, 0.6) is 0 Å². The number of para-hydroxylation sites is 1. The summed E-state index contributed by atoms with van der Waals surface area (Å²) in [5, 5.41) is 2.86. The van der Waals surface area contributed by atoms with Crippen molar-refractivity contribution in [2.24, 2.45) is 5.73 Å². The second kappa shape index (κ2) is 7.32. The fraction of sp³-hybridized carbons (Fsp3) is 0.222. The van der Waals surface area contributed by atoms with Gasteiger partial charge in [-0.2, -0.15) is 0 Å². The molecule has 0 unspecified atom stereocenters. The number of nitrogens with two attached hydrogens (primary N) is 1. The van der Waals surface area contributed by atoms with E-state index in [1.54, 1.807) is 11.8 Å². The lowest BCUT2D eigenvalue weighted by atomic mass is 10.1. The van der Waals surface area contributed by atoms with Crippen molar-refractivity contribution < 1.29 is 9.59 Å². The third-order valence-corrected chi connectivity index (χ3v) is 6.10. The lowest BCUT2D eigenvalue weighted by molar-refractivity contribution is -0.116. The van der Waals surface area contributed by atoms with Crippen molar-refractivity contribution in [3.8, 4) is 0 Å². The molecule has 0 saturated carbocycles. The summed E-state index contributed by atoms with van der Waals surface area (Å²) in [6, 6.07) is 13.8. The van der Waals surface area contributed by atoms with E-state index in [4.69, 9.17) is 5.73 Å². The van der Waals surface area contributed by atoms with Crippen molar-refractivity contribution in [2.75, 3.05) is 11.1 Å². The number of nitrogens with one attached hydrogen (secondary N) is 1. The summed E-state index contributed by atoms with van der Waals surface area (Å²) >= 11 is 2.94. The quantitative estimate of drug-likeness (QED) is 0.805. The average Bonchev–Trinajstić information content (AvgIpc) is 2.97. The summed E-state index contributed by atoms with van der Waals surface area (Å²) < 4.78 is 0. The molecule has 0 radical (unpaired) electrons. The van der Waals surface area contributed by atoms with Crippen LogP contribution in [-0.4, -0.2) is 22.8 Å². The fourth-order valence-corrected chi connectivity index (χ4v) is 4.58. The van der Waals surface area contributed by atoms with E-state index >= 15 is 0 Å². The summed E-state index contributed by atoms with van der Waals surface area (Å²) in [6.45, 7) is 2.06. The van der Waals surface area contributed by atoms with Gasteiger partial charge in [0, 0.05) is 9.79 Å². The van der Waals surface area contributed by atoms with Crippen molar-refractivity contribution in [1.82, 2.24) is 0 Å². The maximum absolute atomic E-state index is 12.6. The van der Waals surface area contributed by atoms with Crippen LogP contribution >= 0.6 is 23.5 Å². The van der Waals surface area contributed by atoms with Gasteiger partial charge in [-0.05, 0) is 37.1 Å². The summed E-state index contributed by atoms with van der Waals surface area (Å²) in [5.74, 6) is -0.199. The Bertz CT molecular complexity index is 792. The van der Waals surface area contributed by atoms with Gasteiger partial charge in [0.05, 0.1) is 16.7 Å². The maximum atomic E-state index is 12.6. The number of carbonyl (C=O) groups excluding carboxylic acids is 2. The molecule has 3 N–H and O–H groups in total. The highest BCUT2D eigenvalue weighted by atomic mass is 32.2. The summed E-state index contributed by atoms with van der Waals surface area (Å²) in [4.78, 5) is 25.6. The predicted octanol–water partition coefficient (Wildman–Crippen LogP) is 3.23. The number of anilines is 1. The molecule has 0 aromatic heterocycles. The Hall–Kier alpha value is -1.92. The van der Waals surface area contributed by atoms with Gasteiger partial charge in [0.15, 0.2) is 0 Å². The number of fused-ring (bicyclic) bond motifs is 1. The Kier molecular flexibility index (Phi) is 5.16. The van der Waals surface area contributed by atoms with Crippen LogP contribution in [0.15, 0.2) is 52.3 Å². The first-order valence-corrected chi connectivity index (χ1v) is 9.46. The Morgan fingerprint density at radius 3 is 2.88 bits per heavy atom. The number of hydrogen-bond donors (Lipinski definition) is 2. The monoisotopic (exact) mass is 358 g/mol. The molecule has 0 bridgehead atoms. The van der Waals surface area contributed by atoms with Crippen LogP contribution in [0.4, 0.5) is 5.69 Å². The van der Waals surface area contributed by atoms with Crippen molar-refractivity contribution in [1.29, 1.82) is 0 Å². The van der Waals surface area contributed by atoms with Crippen molar-refractivity contribution >= 4 is 41.0 Å². The van der Waals surface area contributed by atoms with E-state index in [9.17, 15) is 9.59 Å². The molecule has 2 amide bonds. The zero-order chi connectivity index (χ0) is 17.1. The Morgan fingerprint density at radius 2 is 2.08 bits per heavy atom. The standard InChI is InChI=1S/C18H18N2O2S2/c1-11-6-7-12-9-16(24-15(12)8-11)18(22)20-13-4-2-3-5-14(13)23-10-17(19)21/h2-8,16H,9-10H2,1H3,(H2,19,21)(H,20,22)/t16-/m0/s1. The van der Waals surface area contributed by atoms with Crippen LogP contribution in [0.2, 0.25) is 0 Å². The van der Waals surface area contributed by atoms with Gasteiger partial charge in [0.1, 0.15) is 0 Å². The first-order valence-electron chi connectivity index (χ1n) is 7.60. The number of primary amides is 1. The van der Waals surface area contributed by atoms with Crippen LogP contribution in [0.25, 0.3) is 0 Å². The van der Waals surface area contributed by atoms with Crippen LogP contribution in [0, 0.1) is 6.92 Å². The van der Waals surface area contributed by atoms with Crippen LogP contribution < -0.4 is 11.1 Å². The Balaban J connectivity index is 1.69. The average molecular weight is 358 g/mol. The third-order valence-electron chi connectivity index (χ3n) is 3.70. The number of aryl methyl sites for hydroxylation is 1. The van der Waals surface area contributed by atoms with Gasteiger partial charge in [-0.15, -0.1) is 23.5 Å². The second-order valence-electron chi connectivity index (χ2n) is 5.66. The normalized spacial score (nSPS) is 15.8.